The number of halogens is 1. The molecule has 0 spiro atoms. The molecule has 0 radical (unpaired) electrons. The van der Waals surface area contributed by atoms with Crippen LogP contribution in [0, 0.1) is 5.82 Å². The van der Waals surface area contributed by atoms with Crippen LogP contribution in [0.15, 0.2) is 48.7 Å². The molecule has 1 fully saturated rings. The van der Waals surface area contributed by atoms with Crippen molar-refractivity contribution in [3.05, 3.63) is 60.2 Å². The highest BCUT2D eigenvalue weighted by Gasteiger charge is 2.21. The maximum absolute atomic E-state index is 13.4. The van der Waals surface area contributed by atoms with Gasteiger partial charge in [-0.1, -0.05) is 12.1 Å². The van der Waals surface area contributed by atoms with Gasteiger partial charge in [-0.25, -0.2) is 9.37 Å². The van der Waals surface area contributed by atoms with Crippen LogP contribution in [0.1, 0.15) is 24.5 Å². The molecule has 0 unspecified atom stereocenters. The number of hydrogen-bond acceptors (Lipinski definition) is 3. The number of nitrogens with zero attached hydrogens (tertiary/aromatic N) is 2. The monoisotopic (exact) mass is 310 g/mol. The van der Waals surface area contributed by atoms with Crippen LogP contribution in [-0.2, 0) is 0 Å². The third-order valence-corrected chi connectivity index (χ3v) is 4.34. The van der Waals surface area contributed by atoms with Crippen LogP contribution < -0.4 is 10.6 Å². The maximum atomic E-state index is 13.4. The number of aromatic nitrogens is 2. The van der Waals surface area contributed by atoms with Crippen molar-refractivity contribution in [3.63, 3.8) is 0 Å². The van der Waals surface area contributed by atoms with E-state index in [9.17, 15) is 4.39 Å². The number of anilines is 2. The van der Waals surface area contributed by atoms with E-state index in [-0.39, 0.29) is 5.82 Å². The minimum Gasteiger partial charge on any atom is -0.325 e. The number of fused-ring (bicyclic) bond motifs is 1. The quantitative estimate of drug-likeness (QED) is 0.775. The lowest BCUT2D eigenvalue weighted by atomic mass is 9.95. The molecule has 1 saturated heterocycles. The first-order valence-electron chi connectivity index (χ1n) is 8.01. The van der Waals surface area contributed by atoms with Crippen LogP contribution in [0.5, 0.6) is 0 Å². The maximum Gasteiger partial charge on any atom is 0.212 e. The summed E-state index contributed by atoms with van der Waals surface area (Å²) in [6.07, 6.45) is 4.31. The second-order valence-corrected chi connectivity index (χ2v) is 5.96. The Labute approximate surface area is 134 Å². The van der Waals surface area contributed by atoms with Gasteiger partial charge in [-0.05, 0) is 49.7 Å². The van der Waals surface area contributed by atoms with Gasteiger partial charge in [-0.2, -0.15) is 0 Å². The normalized spacial score (nSPS) is 18.2. The molecule has 0 aliphatic carbocycles. The van der Waals surface area contributed by atoms with Gasteiger partial charge >= 0.3 is 0 Å². The Morgan fingerprint density at radius 3 is 3.00 bits per heavy atom. The van der Waals surface area contributed by atoms with E-state index in [0.29, 0.717) is 11.6 Å². The van der Waals surface area contributed by atoms with Gasteiger partial charge in [0.25, 0.3) is 0 Å². The molecule has 4 nitrogen and oxygen atoms in total. The molecule has 2 N–H and O–H groups in total. The number of nitrogens with one attached hydrogen (secondary N) is 2. The third kappa shape index (κ3) is 2.80. The number of pyridine rings is 1. The topological polar surface area (TPSA) is 41.4 Å². The number of benzene rings is 1. The highest BCUT2D eigenvalue weighted by molar-refractivity contribution is 5.64. The van der Waals surface area contributed by atoms with E-state index >= 15 is 0 Å². The van der Waals surface area contributed by atoms with Crippen LogP contribution in [0.25, 0.3) is 5.52 Å². The molecule has 0 bridgehead atoms. The van der Waals surface area contributed by atoms with E-state index in [1.54, 1.807) is 6.07 Å². The highest BCUT2D eigenvalue weighted by atomic mass is 19.1. The molecule has 3 aromatic rings. The summed E-state index contributed by atoms with van der Waals surface area (Å²) in [5, 5.41) is 6.68. The fourth-order valence-corrected chi connectivity index (χ4v) is 3.23. The molecular formula is C18H19FN4. The predicted octanol–water partition coefficient (Wildman–Crippen LogP) is 3.68. The Kier molecular flexibility index (Phi) is 3.71. The van der Waals surface area contributed by atoms with E-state index < -0.39 is 0 Å². The molecule has 3 heterocycles. The zero-order chi connectivity index (χ0) is 15.6. The van der Waals surface area contributed by atoms with Crippen molar-refractivity contribution in [1.82, 2.24) is 14.7 Å². The smallest absolute Gasteiger partial charge is 0.212 e. The van der Waals surface area contributed by atoms with Gasteiger partial charge in [0.2, 0.25) is 5.95 Å². The van der Waals surface area contributed by atoms with Crippen molar-refractivity contribution < 1.29 is 4.39 Å². The van der Waals surface area contributed by atoms with Crippen molar-refractivity contribution in [2.75, 3.05) is 18.4 Å². The average Bonchev–Trinajstić information content (AvgIpc) is 2.95. The second kappa shape index (κ2) is 6.01. The Morgan fingerprint density at radius 1 is 1.22 bits per heavy atom. The fourth-order valence-electron chi connectivity index (χ4n) is 3.23. The van der Waals surface area contributed by atoms with Crippen LogP contribution >= 0.6 is 0 Å². The summed E-state index contributed by atoms with van der Waals surface area (Å²) in [6.45, 7) is 2.04. The minimum absolute atomic E-state index is 0.257. The zero-order valence-electron chi connectivity index (χ0n) is 12.8. The summed E-state index contributed by atoms with van der Waals surface area (Å²) < 4.78 is 15.4. The van der Waals surface area contributed by atoms with Crippen molar-refractivity contribution in [2.24, 2.45) is 0 Å². The summed E-state index contributed by atoms with van der Waals surface area (Å²) >= 11 is 0. The molecule has 2 aromatic heterocycles. The summed E-state index contributed by atoms with van der Waals surface area (Å²) in [5.41, 5.74) is 2.92. The molecule has 4 rings (SSSR count). The van der Waals surface area contributed by atoms with Gasteiger partial charge in [0, 0.05) is 24.3 Å². The minimum atomic E-state index is -0.257. The number of imidazole rings is 1. The Balaban J connectivity index is 1.74. The molecule has 0 saturated carbocycles. The summed E-state index contributed by atoms with van der Waals surface area (Å²) in [7, 11) is 0. The Bertz CT molecular complexity index is 821. The lowest BCUT2D eigenvalue weighted by Crippen LogP contribution is -2.28. The molecule has 1 aromatic carbocycles. The molecule has 0 amide bonds. The lowest BCUT2D eigenvalue weighted by molar-refractivity contribution is 0.458. The Hall–Kier alpha value is -2.40. The molecule has 5 heteroatoms. The number of piperidine rings is 1. The predicted molar refractivity (Wildman–Crippen MR) is 89.7 cm³/mol. The van der Waals surface area contributed by atoms with Crippen LogP contribution in [-0.4, -0.2) is 22.5 Å². The Morgan fingerprint density at radius 2 is 2.17 bits per heavy atom. The molecule has 1 aliphatic heterocycles. The summed E-state index contributed by atoms with van der Waals surface area (Å²) in [4.78, 5) is 4.83. The van der Waals surface area contributed by atoms with Gasteiger partial charge in [-0.3, -0.25) is 4.40 Å². The van der Waals surface area contributed by atoms with E-state index in [1.165, 1.54) is 18.6 Å². The van der Waals surface area contributed by atoms with E-state index in [4.69, 9.17) is 4.98 Å². The zero-order valence-corrected chi connectivity index (χ0v) is 12.8. The van der Waals surface area contributed by atoms with E-state index in [2.05, 4.69) is 16.7 Å². The summed E-state index contributed by atoms with van der Waals surface area (Å²) in [5.74, 6) is 0.892. The molecule has 118 valence electrons. The van der Waals surface area contributed by atoms with Gasteiger partial charge in [0.05, 0.1) is 11.2 Å². The van der Waals surface area contributed by atoms with Crippen LogP contribution in [0.3, 0.4) is 0 Å². The van der Waals surface area contributed by atoms with Gasteiger partial charge in [0.1, 0.15) is 5.82 Å². The highest BCUT2D eigenvalue weighted by Crippen LogP contribution is 2.29. The first-order chi connectivity index (χ1) is 11.3. The van der Waals surface area contributed by atoms with Crippen molar-refractivity contribution >= 4 is 17.2 Å². The SMILES string of the molecule is Fc1cccc(Nc2nc([C@H]3CCCNC3)c3ccccn23)c1. The molecule has 1 atom stereocenters. The van der Waals surface area contributed by atoms with Gasteiger partial charge < -0.3 is 10.6 Å². The van der Waals surface area contributed by atoms with E-state index in [1.807, 2.05) is 28.8 Å². The molecule has 23 heavy (non-hydrogen) atoms. The summed E-state index contributed by atoms with van der Waals surface area (Å²) in [6, 6.07) is 12.6. The van der Waals surface area contributed by atoms with Crippen molar-refractivity contribution in [1.29, 1.82) is 0 Å². The standard InChI is InChI=1S/C18H19FN4/c19-14-6-3-7-15(11-14)21-18-22-17(13-5-4-9-20-12-13)16-8-1-2-10-23(16)18/h1-3,6-8,10-11,13,20H,4-5,9,12H2,(H,21,22)/t13-/m0/s1. The molecular weight excluding hydrogens is 291 g/mol. The van der Waals surface area contributed by atoms with E-state index in [0.717, 1.165) is 36.7 Å². The fraction of sp³-hybridized carbons (Fsp3) is 0.278. The van der Waals surface area contributed by atoms with Crippen LogP contribution in [0.4, 0.5) is 16.0 Å². The van der Waals surface area contributed by atoms with Crippen LogP contribution in [0.2, 0.25) is 0 Å². The third-order valence-electron chi connectivity index (χ3n) is 4.34. The average molecular weight is 310 g/mol. The first kappa shape index (κ1) is 14.2. The number of rotatable bonds is 3. The number of hydrogen-bond donors (Lipinski definition) is 2. The lowest BCUT2D eigenvalue weighted by Gasteiger charge is -2.21. The first-order valence-corrected chi connectivity index (χ1v) is 8.01. The van der Waals surface area contributed by atoms with Crippen molar-refractivity contribution in [3.8, 4) is 0 Å². The largest absolute Gasteiger partial charge is 0.325 e. The van der Waals surface area contributed by atoms with Gasteiger partial charge in [-0.15, -0.1) is 0 Å². The van der Waals surface area contributed by atoms with Crippen molar-refractivity contribution in [2.45, 2.75) is 18.8 Å². The molecule has 1 aliphatic rings. The van der Waals surface area contributed by atoms with Gasteiger partial charge in [0.15, 0.2) is 0 Å². The second-order valence-electron chi connectivity index (χ2n) is 5.96.